The van der Waals surface area contributed by atoms with Gasteiger partial charge in [0.2, 0.25) is 0 Å². The van der Waals surface area contributed by atoms with Crippen LogP contribution in [0.25, 0.3) is 0 Å². The van der Waals surface area contributed by atoms with Crippen LogP contribution in [-0.2, 0) is 17.9 Å². The monoisotopic (exact) mass is 381 g/mol. The third-order valence-corrected chi connectivity index (χ3v) is 4.77. The van der Waals surface area contributed by atoms with Crippen LogP contribution in [0.3, 0.4) is 0 Å². The first-order valence-corrected chi connectivity index (χ1v) is 8.63. The number of aromatic nitrogens is 2. The van der Waals surface area contributed by atoms with E-state index in [0.717, 1.165) is 4.90 Å². The molecule has 0 saturated carbocycles. The molecule has 6 nitrogen and oxygen atoms in total. The zero-order chi connectivity index (χ0) is 19.0. The molecule has 1 atom stereocenters. The molecular formula is C18H18F3N3O3. The Morgan fingerprint density at radius 2 is 1.96 bits per heavy atom. The molecule has 2 aliphatic rings. The van der Waals surface area contributed by atoms with Crippen molar-refractivity contribution in [1.29, 1.82) is 0 Å². The van der Waals surface area contributed by atoms with Gasteiger partial charge in [-0.1, -0.05) is 18.2 Å². The molecule has 27 heavy (non-hydrogen) atoms. The number of benzene rings is 1. The van der Waals surface area contributed by atoms with E-state index < -0.39 is 24.0 Å². The number of halogens is 3. The summed E-state index contributed by atoms with van der Waals surface area (Å²) >= 11 is 0. The Hall–Kier alpha value is -2.55. The van der Waals surface area contributed by atoms with Crippen molar-refractivity contribution in [2.24, 2.45) is 5.92 Å². The molecule has 0 radical (unpaired) electrons. The van der Waals surface area contributed by atoms with Crippen LogP contribution in [0.2, 0.25) is 0 Å². The quantitative estimate of drug-likeness (QED) is 0.799. The van der Waals surface area contributed by atoms with Crippen molar-refractivity contribution in [2.75, 3.05) is 19.8 Å². The highest BCUT2D eigenvalue weighted by Crippen LogP contribution is 2.35. The van der Waals surface area contributed by atoms with Gasteiger partial charge in [0.1, 0.15) is 29.8 Å². The fraction of sp³-hybridized carbons (Fsp3) is 0.444. The van der Waals surface area contributed by atoms with Gasteiger partial charge >= 0.3 is 6.18 Å². The summed E-state index contributed by atoms with van der Waals surface area (Å²) in [5, 5.41) is 4.29. The molecule has 1 aromatic carbocycles. The van der Waals surface area contributed by atoms with Gasteiger partial charge in [0.25, 0.3) is 5.91 Å². The third-order valence-electron chi connectivity index (χ3n) is 4.77. The Kier molecular flexibility index (Phi) is 4.55. The van der Waals surface area contributed by atoms with Gasteiger partial charge in [0.05, 0.1) is 19.8 Å². The molecular weight excluding hydrogens is 363 g/mol. The second kappa shape index (κ2) is 6.88. The molecule has 1 unspecified atom stereocenters. The van der Waals surface area contributed by atoms with E-state index >= 15 is 0 Å². The summed E-state index contributed by atoms with van der Waals surface area (Å²) in [6.45, 7) is 0.350. The summed E-state index contributed by atoms with van der Waals surface area (Å²) in [6.07, 6.45) is -4.49. The lowest BCUT2D eigenvalue weighted by molar-refractivity contribution is -0.219. The van der Waals surface area contributed by atoms with Crippen molar-refractivity contribution in [2.45, 2.75) is 25.4 Å². The summed E-state index contributed by atoms with van der Waals surface area (Å²) in [4.78, 5) is 13.6. The van der Waals surface area contributed by atoms with Gasteiger partial charge in [-0.2, -0.15) is 18.3 Å². The average molecular weight is 381 g/mol. The molecule has 1 fully saturated rings. The van der Waals surface area contributed by atoms with Gasteiger partial charge < -0.3 is 14.4 Å². The largest absolute Gasteiger partial charge is 0.487 e. The van der Waals surface area contributed by atoms with Crippen molar-refractivity contribution in [3.63, 3.8) is 0 Å². The Balaban J connectivity index is 1.51. The molecule has 0 spiro atoms. The molecule has 0 bridgehead atoms. The average Bonchev–Trinajstić information content (AvgIpc) is 3.01. The van der Waals surface area contributed by atoms with Crippen molar-refractivity contribution in [3.8, 4) is 5.75 Å². The van der Waals surface area contributed by atoms with Crippen LogP contribution >= 0.6 is 0 Å². The molecule has 1 saturated heterocycles. The molecule has 9 heteroatoms. The van der Waals surface area contributed by atoms with E-state index in [1.165, 1.54) is 10.7 Å². The first kappa shape index (κ1) is 17.8. The van der Waals surface area contributed by atoms with Gasteiger partial charge in [-0.25, -0.2) is 0 Å². The minimum absolute atomic E-state index is 0.0172. The number of rotatable bonds is 5. The normalized spacial score (nSPS) is 18.8. The lowest BCUT2D eigenvalue weighted by Gasteiger charge is -2.42. The topological polar surface area (TPSA) is 56.6 Å². The number of ether oxygens (including phenoxy) is 2. The van der Waals surface area contributed by atoms with Crippen LogP contribution in [0.4, 0.5) is 13.2 Å². The van der Waals surface area contributed by atoms with Crippen molar-refractivity contribution < 1.29 is 27.4 Å². The predicted molar refractivity (Wildman–Crippen MR) is 88.2 cm³/mol. The zero-order valence-electron chi connectivity index (χ0n) is 14.4. The van der Waals surface area contributed by atoms with Crippen LogP contribution in [0.1, 0.15) is 16.2 Å². The summed E-state index contributed by atoms with van der Waals surface area (Å²) in [6, 6.07) is 8.77. The SMILES string of the molecule is O=C1c2cc(COc3ccccc3)nn2CCN1C(C1COC1)C(F)(F)F. The molecule has 1 aromatic heterocycles. The molecule has 2 aromatic rings. The number of para-hydroxylation sites is 1. The van der Waals surface area contributed by atoms with Gasteiger partial charge in [0, 0.05) is 12.5 Å². The van der Waals surface area contributed by atoms with Gasteiger partial charge in [-0.3, -0.25) is 9.48 Å². The maximum atomic E-state index is 13.5. The lowest BCUT2D eigenvalue weighted by atomic mass is 9.95. The summed E-state index contributed by atoms with van der Waals surface area (Å²) < 4.78 is 52.6. The summed E-state index contributed by atoms with van der Waals surface area (Å²) in [5.41, 5.74) is 0.655. The highest BCUT2D eigenvalue weighted by atomic mass is 19.4. The van der Waals surface area contributed by atoms with E-state index in [2.05, 4.69) is 5.10 Å². The second-order valence-electron chi connectivity index (χ2n) is 6.63. The number of carbonyl (C=O) groups is 1. The fourth-order valence-electron chi connectivity index (χ4n) is 3.41. The number of nitrogens with zero attached hydrogens (tertiary/aromatic N) is 3. The maximum Gasteiger partial charge on any atom is 0.409 e. The summed E-state index contributed by atoms with van der Waals surface area (Å²) in [7, 11) is 0. The molecule has 144 valence electrons. The molecule has 1 amide bonds. The minimum atomic E-state index is -4.49. The van der Waals surface area contributed by atoms with E-state index in [-0.39, 0.29) is 38.6 Å². The van der Waals surface area contributed by atoms with Crippen LogP contribution in [-0.4, -0.2) is 52.6 Å². The summed E-state index contributed by atoms with van der Waals surface area (Å²) in [5.74, 6) is -0.725. The third kappa shape index (κ3) is 3.51. The Morgan fingerprint density at radius 3 is 2.59 bits per heavy atom. The van der Waals surface area contributed by atoms with E-state index in [1.54, 1.807) is 12.1 Å². The van der Waals surface area contributed by atoms with E-state index in [1.807, 2.05) is 18.2 Å². The Morgan fingerprint density at radius 1 is 1.22 bits per heavy atom. The first-order valence-electron chi connectivity index (χ1n) is 8.63. The highest BCUT2D eigenvalue weighted by molar-refractivity contribution is 5.93. The molecule has 3 heterocycles. The lowest BCUT2D eigenvalue weighted by Crippen LogP contribution is -2.59. The number of fused-ring (bicyclic) bond motifs is 1. The molecule has 0 N–H and O–H groups in total. The van der Waals surface area contributed by atoms with E-state index in [9.17, 15) is 18.0 Å². The molecule has 0 aliphatic carbocycles. The Bertz CT molecular complexity index is 818. The van der Waals surface area contributed by atoms with Crippen LogP contribution in [0, 0.1) is 5.92 Å². The van der Waals surface area contributed by atoms with Crippen molar-refractivity contribution in [1.82, 2.24) is 14.7 Å². The number of alkyl halides is 3. The molecule has 4 rings (SSSR count). The minimum Gasteiger partial charge on any atom is -0.487 e. The number of hydrogen-bond donors (Lipinski definition) is 0. The van der Waals surface area contributed by atoms with Crippen molar-refractivity contribution in [3.05, 3.63) is 47.8 Å². The highest BCUT2D eigenvalue weighted by Gasteiger charge is 2.53. The zero-order valence-corrected chi connectivity index (χ0v) is 14.4. The van der Waals surface area contributed by atoms with Crippen LogP contribution < -0.4 is 4.74 Å². The van der Waals surface area contributed by atoms with E-state index in [4.69, 9.17) is 9.47 Å². The predicted octanol–water partition coefficient (Wildman–Crippen LogP) is 2.50. The standard InChI is InChI=1S/C18H18F3N3O3/c19-18(20,21)16(12-9-26-10-12)23-6-7-24-15(17(23)25)8-13(22-24)11-27-14-4-2-1-3-5-14/h1-5,8,12,16H,6-7,9-11H2. The number of hydrogen-bond acceptors (Lipinski definition) is 4. The van der Waals surface area contributed by atoms with Crippen LogP contribution in [0.15, 0.2) is 36.4 Å². The fourth-order valence-corrected chi connectivity index (χ4v) is 3.41. The number of carbonyl (C=O) groups excluding carboxylic acids is 1. The van der Waals surface area contributed by atoms with Crippen molar-refractivity contribution >= 4 is 5.91 Å². The van der Waals surface area contributed by atoms with Gasteiger partial charge in [-0.05, 0) is 18.2 Å². The first-order chi connectivity index (χ1) is 12.9. The second-order valence-corrected chi connectivity index (χ2v) is 6.63. The van der Waals surface area contributed by atoms with Crippen LogP contribution in [0.5, 0.6) is 5.75 Å². The van der Waals surface area contributed by atoms with E-state index in [0.29, 0.717) is 11.4 Å². The van der Waals surface area contributed by atoms with Gasteiger partial charge in [-0.15, -0.1) is 0 Å². The number of amides is 1. The van der Waals surface area contributed by atoms with Gasteiger partial charge in [0.15, 0.2) is 0 Å². The molecule has 2 aliphatic heterocycles. The Labute approximate surface area is 153 Å². The smallest absolute Gasteiger partial charge is 0.409 e. The maximum absolute atomic E-state index is 13.5.